The molecular formula is C12H14N4O2. The maximum absolute atomic E-state index is 10.9. The summed E-state index contributed by atoms with van der Waals surface area (Å²) in [4.78, 5) is 10.9. The molecule has 1 aromatic heterocycles. The number of carboxylic acid groups (broad SMARTS) is 1. The van der Waals surface area contributed by atoms with Gasteiger partial charge < -0.3 is 10.4 Å². The minimum absolute atomic E-state index is 0.0710. The first kappa shape index (κ1) is 11.2. The summed E-state index contributed by atoms with van der Waals surface area (Å²) < 4.78 is 1.77. The molecule has 2 N–H and O–H groups in total. The Balaban J connectivity index is 1.72. The van der Waals surface area contributed by atoms with Crippen molar-refractivity contribution in [3.05, 3.63) is 36.2 Å². The number of hydrogen-bond donors (Lipinski definition) is 2. The highest BCUT2D eigenvalue weighted by Gasteiger charge is 2.31. The van der Waals surface area contributed by atoms with E-state index in [-0.39, 0.29) is 12.0 Å². The van der Waals surface area contributed by atoms with Crippen molar-refractivity contribution < 1.29 is 9.90 Å². The van der Waals surface area contributed by atoms with Crippen LogP contribution in [0.4, 0.5) is 0 Å². The number of allylic oxidation sites excluding steroid dienone is 4. The Morgan fingerprint density at radius 2 is 2.22 bits per heavy atom. The molecule has 0 radical (unpaired) electrons. The van der Waals surface area contributed by atoms with Crippen LogP contribution in [0.5, 0.6) is 0 Å². The SMILES string of the molecule is O=C(O)[C@@H]1C[C@H](n2cc(C3C=CC=C3)nn2)CN1. The second-order valence-electron chi connectivity index (χ2n) is 4.61. The third-order valence-corrected chi connectivity index (χ3v) is 3.40. The molecule has 1 fully saturated rings. The molecule has 1 aliphatic heterocycles. The monoisotopic (exact) mass is 246 g/mol. The molecule has 6 heteroatoms. The number of carbonyl (C=O) groups is 1. The lowest BCUT2D eigenvalue weighted by atomic mass is 10.1. The number of hydrogen-bond acceptors (Lipinski definition) is 4. The van der Waals surface area contributed by atoms with E-state index < -0.39 is 12.0 Å². The molecule has 0 bridgehead atoms. The van der Waals surface area contributed by atoms with E-state index in [4.69, 9.17) is 5.11 Å². The van der Waals surface area contributed by atoms with Crippen LogP contribution in [-0.4, -0.2) is 38.7 Å². The van der Waals surface area contributed by atoms with Crippen LogP contribution in [0.2, 0.25) is 0 Å². The van der Waals surface area contributed by atoms with Crippen LogP contribution in [0.15, 0.2) is 30.5 Å². The summed E-state index contributed by atoms with van der Waals surface area (Å²) in [6, 6.07) is -0.407. The van der Waals surface area contributed by atoms with Crippen molar-refractivity contribution >= 4 is 5.97 Å². The Kier molecular flexibility index (Phi) is 2.71. The minimum atomic E-state index is -0.806. The van der Waals surface area contributed by atoms with E-state index in [0.717, 1.165) is 5.69 Å². The molecule has 18 heavy (non-hydrogen) atoms. The fourth-order valence-electron chi connectivity index (χ4n) is 2.36. The van der Waals surface area contributed by atoms with Gasteiger partial charge in [-0.15, -0.1) is 5.10 Å². The second-order valence-corrected chi connectivity index (χ2v) is 4.61. The summed E-state index contributed by atoms with van der Waals surface area (Å²) in [7, 11) is 0. The lowest BCUT2D eigenvalue weighted by molar-refractivity contribution is -0.139. The second kappa shape index (κ2) is 4.38. The van der Waals surface area contributed by atoms with E-state index in [2.05, 4.69) is 27.8 Å². The summed E-state index contributed by atoms with van der Waals surface area (Å²) in [5.41, 5.74) is 0.902. The molecule has 0 aromatic carbocycles. The molecule has 1 saturated heterocycles. The Morgan fingerprint density at radius 3 is 2.89 bits per heavy atom. The standard InChI is InChI=1S/C12H14N4O2/c17-12(18)10-5-9(6-13-10)16-7-11(14-15-16)8-3-1-2-4-8/h1-4,7-10,13H,5-6H2,(H,17,18)/t9-,10-/m0/s1. The largest absolute Gasteiger partial charge is 0.480 e. The van der Waals surface area contributed by atoms with Crippen molar-refractivity contribution in [3.63, 3.8) is 0 Å². The van der Waals surface area contributed by atoms with Crippen molar-refractivity contribution in [2.75, 3.05) is 6.54 Å². The number of nitrogens with one attached hydrogen (secondary N) is 1. The average molecular weight is 246 g/mol. The molecule has 0 unspecified atom stereocenters. The van der Waals surface area contributed by atoms with E-state index in [0.29, 0.717) is 13.0 Å². The molecule has 0 saturated carbocycles. The molecule has 0 spiro atoms. The topological polar surface area (TPSA) is 80.0 Å². The quantitative estimate of drug-likeness (QED) is 0.810. The van der Waals surface area contributed by atoms with Crippen LogP contribution in [0.25, 0.3) is 0 Å². The third-order valence-electron chi connectivity index (χ3n) is 3.40. The first-order chi connectivity index (χ1) is 8.74. The maximum Gasteiger partial charge on any atom is 0.320 e. The summed E-state index contributed by atoms with van der Waals surface area (Å²) in [5, 5.41) is 20.1. The van der Waals surface area contributed by atoms with Gasteiger partial charge >= 0.3 is 5.97 Å². The highest BCUT2D eigenvalue weighted by atomic mass is 16.4. The number of carboxylic acids is 1. The van der Waals surface area contributed by atoms with Gasteiger partial charge in [0, 0.05) is 18.7 Å². The minimum Gasteiger partial charge on any atom is -0.480 e. The van der Waals surface area contributed by atoms with Crippen molar-refractivity contribution in [3.8, 4) is 0 Å². The van der Waals surface area contributed by atoms with Crippen LogP contribution in [-0.2, 0) is 4.79 Å². The zero-order valence-electron chi connectivity index (χ0n) is 9.73. The van der Waals surface area contributed by atoms with Crippen LogP contribution < -0.4 is 5.32 Å². The Bertz CT molecular complexity index is 508. The van der Waals surface area contributed by atoms with Gasteiger partial charge in [-0.25, -0.2) is 4.68 Å². The van der Waals surface area contributed by atoms with Crippen LogP contribution in [0.3, 0.4) is 0 Å². The lowest BCUT2D eigenvalue weighted by Crippen LogP contribution is -2.29. The van der Waals surface area contributed by atoms with Gasteiger partial charge in [0.1, 0.15) is 6.04 Å². The number of rotatable bonds is 3. The first-order valence-corrected chi connectivity index (χ1v) is 5.97. The summed E-state index contributed by atoms with van der Waals surface area (Å²) in [6.07, 6.45) is 10.5. The van der Waals surface area contributed by atoms with E-state index in [1.807, 2.05) is 18.3 Å². The number of nitrogens with zero attached hydrogens (tertiary/aromatic N) is 3. The van der Waals surface area contributed by atoms with Crippen molar-refractivity contribution in [2.45, 2.75) is 24.4 Å². The molecule has 6 nitrogen and oxygen atoms in total. The number of aromatic nitrogens is 3. The molecular weight excluding hydrogens is 232 g/mol. The average Bonchev–Trinajstić information content (AvgIpc) is 3.10. The molecule has 1 aliphatic carbocycles. The van der Waals surface area contributed by atoms with Crippen LogP contribution in [0.1, 0.15) is 24.1 Å². The molecule has 2 aliphatic rings. The Morgan fingerprint density at radius 1 is 1.44 bits per heavy atom. The summed E-state index contributed by atoms with van der Waals surface area (Å²) >= 11 is 0. The molecule has 3 rings (SSSR count). The molecule has 2 atom stereocenters. The smallest absolute Gasteiger partial charge is 0.320 e. The fraction of sp³-hybridized carbons (Fsp3) is 0.417. The Labute approximate surface area is 104 Å². The molecule has 0 amide bonds. The molecule has 94 valence electrons. The van der Waals surface area contributed by atoms with Gasteiger partial charge in [0.25, 0.3) is 0 Å². The van der Waals surface area contributed by atoms with E-state index in [9.17, 15) is 4.79 Å². The van der Waals surface area contributed by atoms with Crippen LogP contribution in [0, 0.1) is 0 Å². The van der Waals surface area contributed by atoms with Crippen molar-refractivity contribution in [1.29, 1.82) is 0 Å². The molecule has 1 aromatic rings. The van der Waals surface area contributed by atoms with Gasteiger partial charge in [-0.1, -0.05) is 29.5 Å². The van der Waals surface area contributed by atoms with E-state index in [1.54, 1.807) is 4.68 Å². The zero-order chi connectivity index (χ0) is 12.5. The highest BCUT2D eigenvalue weighted by Crippen LogP contribution is 2.23. The normalized spacial score (nSPS) is 27.1. The summed E-state index contributed by atoms with van der Waals surface area (Å²) in [6.45, 7) is 0.621. The lowest BCUT2D eigenvalue weighted by Gasteiger charge is -2.07. The predicted molar refractivity (Wildman–Crippen MR) is 64.1 cm³/mol. The van der Waals surface area contributed by atoms with Crippen molar-refractivity contribution in [1.82, 2.24) is 20.3 Å². The van der Waals surface area contributed by atoms with Gasteiger partial charge in [0.2, 0.25) is 0 Å². The summed E-state index contributed by atoms with van der Waals surface area (Å²) in [5.74, 6) is -0.608. The van der Waals surface area contributed by atoms with Crippen molar-refractivity contribution in [2.24, 2.45) is 0 Å². The van der Waals surface area contributed by atoms with E-state index >= 15 is 0 Å². The van der Waals surface area contributed by atoms with Gasteiger partial charge in [0.05, 0.1) is 11.7 Å². The van der Waals surface area contributed by atoms with Gasteiger partial charge in [-0.3, -0.25) is 4.79 Å². The number of aliphatic carboxylic acids is 1. The van der Waals surface area contributed by atoms with E-state index in [1.165, 1.54) is 0 Å². The van der Waals surface area contributed by atoms with Gasteiger partial charge in [-0.05, 0) is 6.42 Å². The predicted octanol–water partition coefficient (Wildman–Crippen LogP) is 0.475. The maximum atomic E-state index is 10.9. The first-order valence-electron chi connectivity index (χ1n) is 5.97. The van der Waals surface area contributed by atoms with Crippen LogP contribution >= 0.6 is 0 Å². The highest BCUT2D eigenvalue weighted by molar-refractivity contribution is 5.73. The molecule has 2 heterocycles. The fourth-order valence-corrected chi connectivity index (χ4v) is 2.36. The zero-order valence-corrected chi connectivity index (χ0v) is 9.73. The van der Waals surface area contributed by atoms with Gasteiger partial charge in [0.15, 0.2) is 0 Å². The van der Waals surface area contributed by atoms with Gasteiger partial charge in [-0.2, -0.15) is 0 Å². The third kappa shape index (κ3) is 1.95. The Hall–Kier alpha value is -1.95.